The number of thioether (sulfide) groups is 1. The molecule has 1 fully saturated rings. The smallest absolute Gasteiger partial charge is 0.156 e. The lowest BCUT2D eigenvalue weighted by atomic mass is 9.83. The minimum Gasteiger partial charge on any atom is -0.365 e. The van der Waals surface area contributed by atoms with Crippen molar-refractivity contribution in [2.24, 2.45) is 16.8 Å². The summed E-state index contributed by atoms with van der Waals surface area (Å²) in [6.45, 7) is 6.80. The van der Waals surface area contributed by atoms with E-state index in [-0.39, 0.29) is 0 Å². The highest BCUT2D eigenvalue weighted by atomic mass is 32.2. The second-order valence-corrected chi connectivity index (χ2v) is 6.59. The van der Waals surface area contributed by atoms with Gasteiger partial charge < -0.3 is 5.32 Å². The zero-order valence-electron chi connectivity index (χ0n) is 10.5. The van der Waals surface area contributed by atoms with Crippen molar-refractivity contribution >= 4 is 16.9 Å². The van der Waals surface area contributed by atoms with Gasteiger partial charge in [-0.25, -0.2) is 0 Å². The van der Waals surface area contributed by atoms with Crippen LogP contribution in [0.1, 0.15) is 46.0 Å². The largest absolute Gasteiger partial charge is 0.365 e. The number of amidine groups is 1. The molecular weight excluding hydrogens is 216 g/mol. The van der Waals surface area contributed by atoms with E-state index in [0.717, 1.165) is 30.2 Å². The third-order valence-corrected chi connectivity index (χ3v) is 5.16. The highest BCUT2D eigenvalue weighted by Crippen LogP contribution is 2.28. The van der Waals surface area contributed by atoms with Crippen molar-refractivity contribution in [1.29, 1.82) is 0 Å². The molecule has 0 aromatic heterocycles. The Morgan fingerprint density at radius 2 is 2.06 bits per heavy atom. The van der Waals surface area contributed by atoms with Crippen molar-refractivity contribution in [2.45, 2.75) is 51.2 Å². The maximum atomic E-state index is 4.56. The lowest BCUT2D eigenvalue weighted by Gasteiger charge is -2.26. The molecule has 2 rings (SSSR count). The summed E-state index contributed by atoms with van der Waals surface area (Å²) >= 11 is 1.94. The van der Waals surface area contributed by atoms with Crippen molar-refractivity contribution in [3.63, 3.8) is 0 Å². The normalized spacial score (nSPS) is 34.9. The van der Waals surface area contributed by atoms with Crippen LogP contribution >= 0.6 is 11.8 Å². The monoisotopic (exact) mass is 240 g/mol. The van der Waals surface area contributed by atoms with Gasteiger partial charge in [-0.15, -0.1) is 0 Å². The fraction of sp³-hybridized carbons (Fsp3) is 0.923. The molecule has 0 spiro atoms. The van der Waals surface area contributed by atoms with Gasteiger partial charge in [0.2, 0.25) is 0 Å². The number of rotatable bonds is 3. The predicted octanol–water partition coefficient (Wildman–Crippen LogP) is 3.28. The van der Waals surface area contributed by atoms with Crippen molar-refractivity contribution in [3.05, 3.63) is 0 Å². The van der Waals surface area contributed by atoms with Gasteiger partial charge in [-0.1, -0.05) is 38.5 Å². The molecule has 1 unspecified atom stereocenters. The second kappa shape index (κ2) is 5.95. The molecule has 0 radical (unpaired) electrons. The van der Waals surface area contributed by atoms with Crippen LogP contribution in [0.2, 0.25) is 0 Å². The maximum Gasteiger partial charge on any atom is 0.156 e. The van der Waals surface area contributed by atoms with Crippen LogP contribution in [-0.4, -0.2) is 23.5 Å². The molecule has 0 amide bonds. The Bertz CT molecular complexity index is 244. The van der Waals surface area contributed by atoms with Crippen LogP contribution in [0.5, 0.6) is 0 Å². The number of nitrogens with one attached hydrogen (secondary N) is 1. The van der Waals surface area contributed by atoms with Gasteiger partial charge in [0, 0.05) is 11.8 Å². The van der Waals surface area contributed by atoms with Crippen LogP contribution in [0, 0.1) is 11.8 Å². The van der Waals surface area contributed by atoms with Gasteiger partial charge in [0.15, 0.2) is 5.17 Å². The number of hydrogen-bond donors (Lipinski definition) is 1. The molecule has 3 heteroatoms. The van der Waals surface area contributed by atoms with Gasteiger partial charge in [0.05, 0.1) is 6.54 Å². The molecule has 1 aliphatic carbocycles. The minimum atomic E-state index is 0.730. The van der Waals surface area contributed by atoms with E-state index in [1.807, 2.05) is 11.8 Å². The summed E-state index contributed by atoms with van der Waals surface area (Å²) in [5.41, 5.74) is 0. The molecule has 92 valence electrons. The van der Waals surface area contributed by atoms with Crippen molar-refractivity contribution < 1.29 is 0 Å². The fourth-order valence-corrected chi connectivity index (χ4v) is 3.44. The number of aliphatic imine (C=N–C) groups is 1. The van der Waals surface area contributed by atoms with Crippen molar-refractivity contribution in [2.75, 3.05) is 13.1 Å². The Labute approximate surface area is 104 Å². The van der Waals surface area contributed by atoms with Crippen LogP contribution in [0.25, 0.3) is 0 Å². The van der Waals surface area contributed by atoms with Crippen molar-refractivity contribution in [3.8, 4) is 0 Å². The highest BCUT2D eigenvalue weighted by Gasteiger charge is 2.21. The van der Waals surface area contributed by atoms with Crippen LogP contribution < -0.4 is 5.32 Å². The summed E-state index contributed by atoms with van der Waals surface area (Å²) < 4.78 is 0. The molecule has 1 aliphatic heterocycles. The van der Waals surface area contributed by atoms with Gasteiger partial charge >= 0.3 is 0 Å². The zero-order valence-corrected chi connectivity index (χ0v) is 11.4. The van der Waals surface area contributed by atoms with E-state index < -0.39 is 0 Å². The SMILES string of the molecule is CCC1CN=C(NCC2CCC(C)CC2)S1. The molecule has 0 bridgehead atoms. The first-order valence-electron chi connectivity index (χ1n) is 6.73. The van der Waals surface area contributed by atoms with Crippen LogP contribution in [0.3, 0.4) is 0 Å². The van der Waals surface area contributed by atoms with Crippen LogP contribution in [-0.2, 0) is 0 Å². The van der Waals surface area contributed by atoms with Gasteiger partial charge in [-0.3, -0.25) is 4.99 Å². The second-order valence-electron chi connectivity index (χ2n) is 5.30. The molecule has 1 heterocycles. The molecule has 1 N–H and O–H groups in total. The summed E-state index contributed by atoms with van der Waals surface area (Å²) in [5.74, 6) is 1.85. The molecule has 1 saturated carbocycles. The topological polar surface area (TPSA) is 24.4 Å². The van der Waals surface area contributed by atoms with Crippen LogP contribution in [0.4, 0.5) is 0 Å². The van der Waals surface area contributed by atoms with E-state index in [0.29, 0.717) is 0 Å². The Morgan fingerprint density at radius 1 is 1.31 bits per heavy atom. The highest BCUT2D eigenvalue weighted by molar-refractivity contribution is 8.14. The average Bonchev–Trinajstić information content (AvgIpc) is 2.76. The van der Waals surface area contributed by atoms with E-state index >= 15 is 0 Å². The first-order valence-corrected chi connectivity index (χ1v) is 7.61. The van der Waals surface area contributed by atoms with Gasteiger partial charge in [0.25, 0.3) is 0 Å². The summed E-state index contributed by atoms with van der Waals surface area (Å²) in [4.78, 5) is 4.56. The molecular formula is C13H24N2S. The summed E-state index contributed by atoms with van der Waals surface area (Å²) in [6, 6.07) is 0. The first-order chi connectivity index (χ1) is 7.78. The zero-order chi connectivity index (χ0) is 11.4. The van der Waals surface area contributed by atoms with E-state index in [1.165, 1.54) is 37.3 Å². The predicted molar refractivity (Wildman–Crippen MR) is 73.1 cm³/mol. The molecule has 2 aliphatic rings. The van der Waals surface area contributed by atoms with Gasteiger partial charge in [-0.05, 0) is 31.1 Å². The fourth-order valence-electron chi connectivity index (χ4n) is 2.49. The molecule has 0 aromatic rings. The Hall–Kier alpha value is -0.180. The maximum absolute atomic E-state index is 4.56. The summed E-state index contributed by atoms with van der Waals surface area (Å²) in [7, 11) is 0. The molecule has 0 aromatic carbocycles. The summed E-state index contributed by atoms with van der Waals surface area (Å²) in [6.07, 6.45) is 6.89. The third kappa shape index (κ3) is 3.41. The minimum absolute atomic E-state index is 0.730. The lowest BCUT2D eigenvalue weighted by Crippen LogP contribution is -2.29. The molecule has 16 heavy (non-hydrogen) atoms. The Morgan fingerprint density at radius 3 is 2.69 bits per heavy atom. The van der Waals surface area contributed by atoms with E-state index in [9.17, 15) is 0 Å². The third-order valence-electron chi connectivity index (χ3n) is 3.85. The first kappa shape index (κ1) is 12.3. The Balaban J connectivity index is 1.65. The summed E-state index contributed by atoms with van der Waals surface area (Å²) in [5, 5.41) is 5.47. The molecule has 2 nitrogen and oxygen atoms in total. The number of nitrogens with zero attached hydrogens (tertiary/aromatic N) is 1. The Kier molecular flexibility index (Phi) is 4.56. The quantitative estimate of drug-likeness (QED) is 0.818. The van der Waals surface area contributed by atoms with Gasteiger partial charge in [0.1, 0.15) is 0 Å². The average molecular weight is 240 g/mol. The molecule has 0 saturated heterocycles. The van der Waals surface area contributed by atoms with E-state index in [1.54, 1.807) is 0 Å². The number of hydrogen-bond acceptors (Lipinski definition) is 3. The van der Waals surface area contributed by atoms with E-state index in [4.69, 9.17) is 0 Å². The van der Waals surface area contributed by atoms with Crippen LogP contribution in [0.15, 0.2) is 4.99 Å². The molecule has 1 atom stereocenters. The standard InChI is InChI=1S/C13H24N2S/c1-3-12-9-15-13(16-12)14-8-11-6-4-10(2)5-7-11/h10-12H,3-9H2,1-2H3,(H,14,15). The van der Waals surface area contributed by atoms with Gasteiger partial charge in [-0.2, -0.15) is 0 Å². The lowest BCUT2D eigenvalue weighted by molar-refractivity contribution is 0.290. The van der Waals surface area contributed by atoms with Crippen molar-refractivity contribution in [1.82, 2.24) is 5.32 Å². The van der Waals surface area contributed by atoms with E-state index in [2.05, 4.69) is 24.2 Å².